The van der Waals surface area contributed by atoms with E-state index in [2.05, 4.69) is 26.2 Å². The number of para-hydroxylation sites is 1. The van der Waals surface area contributed by atoms with Crippen molar-refractivity contribution in [1.29, 1.82) is 0 Å². The molecule has 0 saturated heterocycles. The van der Waals surface area contributed by atoms with E-state index in [1.54, 1.807) is 6.20 Å². The number of nitrogens with one attached hydrogen (secondary N) is 1. The van der Waals surface area contributed by atoms with Gasteiger partial charge in [-0.15, -0.1) is 0 Å². The Morgan fingerprint density at radius 2 is 2.29 bits per heavy atom. The molecule has 0 saturated carbocycles. The second kappa shape index (κ2) is 5.71. The highest BCUT2D eigenvalue weighted by atomic mass is 79.9. The standard InChI is InChI=1S/C12H9BrCl2N2/c13-9-4-8-2-1-3-11(12(8)17-6-9)16-7-10(15)5-14/h1-6,16H,7H2/b10-5+. The zero-order valence-electron chi connectivity index (χ0n) is 8.75. The van der Waals surface area contributed by atoms with Crippen LogP contribution in [0.3, 0.4) is 0 Å². The number of halogens is 3. The third kappa shape index (κ3) is 3.12. The molecule has 17 heavy (non-hydrogen) atoms. The van der Waals surface area contributed by atoms with Gasteiger partial charge in [-0.1, -0.05) is 35.3 Å². The molecule has 2 aromatic rings. The van der Waals surface area contributed by atoms with Crippen LogP contribution in [0.5, 0.6) is 0 Å². The first-order chi connectivity index (χ1) is 8.20. The molecule has 0 aliphatic heterocycles. The molecule has 2 rings (SSSR count). The zero-order valence-corrected chi connectivity index (χ0v) is 11.9. The fourth-order valence-electron chi connectivity index (χ4n) is 1.49. The van der Waals surface area contributed by atoms with Crippen LogP contribution in [0, 0.1) is 0 Å². The molecule has 0 aliphatic carbocycles. The van der Waals surface area contributed by atoms with E-state index >= 15 is 0 Å². The summed E-state index contributed by atoms with van der Waals surface area (Å²) in [5.74, 6) is 0. The third-order valence-electron chi connectivity index (χ3n) is 2.24. The predicted molar refractivity (Wildman–Crippen MR) is 77.7 cm³/mol. The van der Waals surface area contributed by atoms with Gasteiger partial charge in [-0.05, 0) is 28.1 Å². The second-order valence-electron chi connectivity index (χ2n) is 3.44. The van der Waals surface area contributed by atoms with Crippen LogP contribution < -0.4 is 5.32 Å². The van der Waals surface area contributed by atoms with Crippen molar-refractivity contribution >= 4 is 55.7 Å². The fraction of sp³-hybridized carbons (Fsp3) is 0.0833. The Bertz CT molecular complexity index is 569. The minimum absolute atomic E-state index is 0.488. The van der Waals surface area contributed by atoms with Crippen molar-refractivity contribution < 1.29 is 0 Å². The number of anilines is 1. The lowest BCUT2D eigenvalue weighted by molar-refractivity contribution is 1.30. The van der Waals surface area contributed by atoms with Gasteiger partial charge in [-0.2, -0.15) is 0 Å². The van der Waals surface area contributed by atoms with Crippen molar-refractivity contribution in [2.45, 2.75) is 0 Å². The van der Waals surface area contributed by atoms with Crippen LogP contribution in [0.15, 0.2) is 45.5 Å². The minimum Gasteiger partial charge on any atom is -0.378 e. The van der Waals surface area contributed by atoms with E-state index in [4.69, 9.17) is 23.2 Å². The SMILES string of the molecule is Cl/C=C(/Cl)CNc1cccc2cc(Br)cnc12. The molecule has 5 heteroatoms. The maximum absolute atomic E-state index is 5.83. The lowest BCUT2D eigenvalue weighted by Crippen LogP contribution is -2.02. The first kappa shape index (κ1) is 12.7. The van der Waals surface area contributed by atoms with E-state index in [1.807, 2.05) is 24.3 Å². The number of pyridine rings is 1. The number of nitrogens with zero attached hydrogens (tertiary/aromatic N) is 1. The van der Waals surface area contributed by atoms with Gasteiger partial charge in [0, 0.05) is 26.6 Å². The van der Waals surface area contributed by atoms with Gasteiger partial charge in [0.1, 0.15) is 0 Å². The Kier molecular flexibility index (Phi) is 4.26. The van der Waals surface area contributed by atoms with Gasteiger partial charge < -0.3 is 5.32 Å². The maximum Gasteiger partial charge on any atom is 0.0934 e. The highest BCUT2D eigenvalue weighted by molar-refractivity contribution is 9.10. The molecular weight excluding hydrogens is 323 g/mol. The van der Waals surface area contributed by atoms with Crippen LogP contribution in [0.2, 0.25) is 0 Å². The van der Waals surface area contributed by atoms with Crippen LogP contribution >= 0.6 is 39.1 Å². The van der Waals surface area contributed by atoms with Gasteiger partial charge in [0.2, 0.25) is 0 Å². The van der Waals surface area contributed by atoms with Gasteiger partial charge in [0.15, 0.2) is 0 Å². The fourth-order valence-corrected chi connectivity index (χ4v) is 1.99. The van der Waals surface area contributed by atoms with E-state index in [9.17, 15) is 0 Å². The Labute approximate surface area is 118 Å². The Morgan fingerprint density at radius 1 is 1.47 bits per heavy atom. The summed E-state index contributed by atoms with van der Waals surface area (Å²) in [4.78, 5) is 4.38. The number of hydrogen-bond donors (Lipinski definition) is 1. The number of benzene rings is 1. The molecule has 2 nitrogen and oxygen atoms in total. The smallest absolute Gasteiger partial charge is 0.0934 e. The van der Waals surface area contributed by atoms with Gasteiger partial charge >= 0.3 is 0 Å². The Hall–Kier alpha value is -0.770. The van der Waals surface area contributed by atoms with Gasteiger partial charge in [0.05, 0.1) is 17.7 Å². The first-order valence-corrected chi connectivity index (χ1v) is 6.54. The Balaban J connectivity index is 2.34. The zero-order chi connectivity index (χ0) is 12.3. The summed E-state index contributed by atoms with van der Waals surface area (Å²) in [5, 5.41) is 4.82. The molecule has 0 unspecified atom stereocenters. The highest BCUT2D eigenvalue weighted by Crippen LogP contribution is 2.24. The molecule has 0 bridgehead atoms. The van der Waals surface area contributed by atoms with Crippen molar-refractivity contribution in [2.24, 2.45) is 0 Å². The molecule has 1 aromatic heterocycles. The minimum atomic E-state index is 0.488. The summed E-state index contributed by atoms with van der Waals surface area (Å²) in [5.41, 5.74) is 3.20. The molecule has 0 spiro atoms. The largest absolute Gasteiger partial charge is 0.378 e. The van der Waals surface area contributed by atoms with Crippen molar-refractivity contribution in [3.8, 4) is 0 Å². The summed E-state index contributed by atoms with van der Waals surface area (Å²) in [6, 6.07) is 7.96. The average Bonchev–Trinajstić information content (AvgIpc) is 2.35. The van der Waals surface area contributed by atoms with E-state index in [-0.39, 0.29) is 0 Å². The van der Waals surface area contributed by atoms with Crippen LogP contribution in [0.1, 0.15) is 0 Å². The van der Waals surface area contributed by atoms with Crippen molar-refractivity contribution in [1.82, 2.24) is 4.98 Å². The van der Waals surface area contributed by atoms with E-state index in [0.29, 0.717) is 11.6 Å². The molecule has 1 N–H and O–H groups in total. The van der Waals surface area contributed by atoms with Crippen molar-refractivity contribution in [2.75, 3.05) is 11.9 Å². The average molecular weight is 332 g/mol. The maximum atomic E-state index is 5.83. The second-order valence-corrected chi connectivity index (χ2v) is 5.06. The van der Waals surface area contributed by atoms with Crippen molar-refractivity contribution in [3.05, 3.63) is 45.5 Å². The summed E-state index contributed by atoms with van der Waals surface area (Å²) in [6.07, 6.45) is 1.77. The molecule has 0 amide bonds. The summed E-state index contributed by atoms with van der Waals surface area (Å²) >= 11 is 14.7. The summed E-state index contributed by atoms with van der Waals surface area (Å²) in [6.45, 7) is 0.488. The van der Waals surface area contributed by atoms with Gasteiger partial charge in [-0.3, -0.25) is 4.98 Å². The summed E-state index contributed by atoms with van der Waals surface area (Å²) < 4.78 is 0.959. The number of hydrogen-bond acceptors (Lipinski definition) is 2. The van der Waals surface area contributed by atoms with E-state index < -0.39 is 0 Å². The molecule has 1 aromatic carbocycles. The van der Waals surface area contributed by atoms with Crippen molar-refractivity contribution in [3.63, 3.8) is 0 Å². The molecule has 0 fully saturated rings. The number of rotatable bonds is 3. The van der Waals surface area contributed by atoms with E-state index in [0.717, 1.165) is 21.1 Å². The van der Waals surface area contributed by atoms with Crippen LogP contribution in [0.25, 0.3) is 10.9 Å². The predicted octanol–water partition coefficient (Wildman–Crippen LogP) is 4.73. The molecule has 1 heterocycles. The Morgan fingerprint density at radius 3 is 3.06 bits per heavy atom. The summed E-state index contributed by atoms with van der Waals surface area (Å²) in [7, 11) is 0. The third-order valence-corrected chi connectivity index (χ3v) is 3.30. The van der Waals surface area contributed by atoms with Gasteiger partial charge in [0.25, 0.3) is 0 Å². The van der Waals surface area contributed by atoms with Gasteiger partial charge in [-0.25, -0.2) is 0 Å². The van der Waals surface area contributed by atoms with E-state index in [1.165, 1.54) is 5.54 Å². The molecule has 0 aliphatic rings. The topological polar surface area (TPSA) is 24.9 Å². The molecular formula is C12H9BrCl2N2. The van der Waals surface area contributed by atoms with Crippen LogP contribution in [-0.2, 0) is 0 Å². The monoisotopic (exact) mass is 330 g/mol. The lowest BCUT2D eigenvalue weighted by Gasteiger charge is -2.08. The molecule has 0 radical (unpaired) electrons. The first-order valence-electron chi connectivity index (χ1n) is 4.93. The highest BCUT2D eigenvalue weighted by Gasteiger charge is 2.02. The van der Waals surface area contributed by atoms with Crippen LogP contribution in [0.4, 0.5) is 5.69 Å². The number of aromatic nitrogens is 1. The van der Waals surface area contributed by atoms with Crippen LogP contribution in [-0.4, -0.2) is 11.5 Å². The normalized spacial score (nSPS) is 11.8. The quantitative estimate of drug-likeness (QED) is 0.879. The number of fused-ring (bicyclic) bond motifs is 1. The molecule has 0 atom stereocenters. The lowest BCUT2D eigenvalue weighted by atomic mass is 10.2. The molecule has 88 valence electrons.